The lowest BCUT2D eigenvalue weighted by Gasteiger charge is -2.36. The first-order valence-electron chi connectivity index (χ1n) is 12.3. The maximum Gasteiger partial charge on any atom is 0.255 e. The molecule has 7 heteroatoms. The van der Waals surface area contributed by atoms with Gasteiger partial charge in [0.1, 0.15) is 11.5 Å². The molecule has 1 aliphatic rings. The number of benzene rings is 3. The second-order valence-corrected chi connectivity index (χ2v) is 8.55. The van der Waals surface area contributed by atoms with Crippen LogP contribution >= 0.6 is 0 Å². The van der Waals surface area contributed by atoms with E-state index in [-0.39, 0.29) is 11.8 Å². The third kappa shape index (κ3) is 5.52. The van der Waals surface area contributed by atoms with Crippen molar-refractivity contribution in [1.29, 1.82) is 0 Å². The standard InChI is InChI=1S/C29H32N2O5/c1-3-35-25-20-24(26(36-4-2)19-23(25)30-27(32)21-11-7-5-8-12-21)31-28(33)29(15-17-34-18-16-29)22-13-9-6-10-14-22/h5-14,19-20H,3-4,15-18H2,1-2H3,(H,30,32)(H,31,33). The van der Waals surface area contributed by atoms with Gasteiger partial charge in [0.2, 0.25) is 5.91 Å². The summed E-state index contributed by atoms with van der Waals surface area (Å²) in [4.78, 5) is 26.6. The van der Waals surface area contributed by atoms with Crippen LogP contribution in [0.15, 0.2) is 72.8 Å². The molecule has 1 saturated heterocycles. The molecule has 36 heavy (non-hydrogen) atoms. The molecule has 0 bridgehead atoms. The van der Waals surface area contributed by atoms with Gasteiger partial charge < -0.3 is 24.8 Å². The van der Waals surface area contributed by atoms with E-state index in [1.807, 2.05) is 62.4 Å². The Labute approximate surface area is 211 Å². The molecule has 2 amide bonds. The summed E-state index contributed by atoms with van der Waals surface area (Å²) in [6, 6.07) is 22.2. The van der Waals surface area contributed by atoms with E-state index in [1.165, 1.54) is 0 Å². The topological polar surface area (TPSA) is 85.9 Å². The lowest BCUT2D eigenvalue weighted by molar-refractivity contribution is -0.125. The monoisotopic (exact) mass is 488 g/mol. The number of amides is 2. The number of carbonyl (C=O) groups is 2. The molecule has 188 valence electrons. The highest BCUT2D eigenvalue weighted by atomic mass is 16.5. The summed E-state index contributed by atoms with van der Waals surface area (Å²) >= 11 is 0. The second kappa shape index (κ2) is 11.7. The van der Waals surface area contributed by atoms with Gasteiger partial charge in [0.15, 0.2) is 0 Å². The first-order chi connectivity index (χ1) is 17.6. The molecule has 0 aromatic heterocycles. The SMILES string of the molecule is CCOc1cc(NC(=O)C2(c3ccccc3)CCOCC2)c(OCC)cc1NC(=O)c1ccccc1. The summed E-state index contributed by atoms with van der Waals surface area (Å²) in [6.07, 6.45) is 1.16. The van der Waals surface area contributed by atoms with Crippen LogP contribution in [0, 0.1) is 0 Å². The van der Waals surface area contributed by atoms with Crippen molar-refractivity contribution in [3.05, 3.63) is 83.9 Å². The van der Waals surface area contributed by atoms with Gasteiger partial charge in [-0.25, -0.2) is 0 Å². The number of carbonyl (C=O) groups excluding carboxylic acids is 2. The molecule has 4 rings (SSSR count). The van der Waals surface area contributed by atoms with Crippen LogP contribution < -0.4 is 20.1 Å². The van der Waals surface area contributed by atoms with Gasteiger partial charge >= 0.3 is 0 Å². The average molecular weight is 489 g/mol. The number of nitrogens with one attached hydrogen (secondary N) is 2. The molecule has 2 N–H and O–H groups in total. The Morgan fingerprint density at radius 3 is 1.89 bits per heavy atom. The van der Waals surface area contributed by atoms with Crippen LogP contribution in [-0.4, -0.2) is 38.2 Å². The zero-order chi connectivity index (χ0) is 25.4. The Hall–Kier alpha value is -3.84. The van der Waals surface area contributed by atoms with E-state index >= 15 is 0 Å². The Morgan fingerprint density at radius 1 is 0.806 bits per heavy atom. The zero-order valence-electron chi connectivity index (χ0n) is 20.7. The van der Waals surface area contributed by atoms with Crippen molar-refractivity contribution in [2.75, 3.05) is 37.1 Å². The maximum absolute atomic E-state index is 13.8. The van der Waals surface area contributed by atoms with Gasteiger partial charge in [-0.3, -0.25) is 9.59 Å². The molecule has 1 heterocycles. The fourth-order valence-electron chi connectivity index (χ4n) is 4.45. The largest absolute Gasteiger partial charge is 0.492 e. The van der Waals surface area contributed by atoms with Gasteiger partial charge in [0, 0.05) is 30.9 Å². The normalized spacial score (nSPS) is 14.5. The lowest BCUT2D eigenvalue weighted by atomic mass is 9.73. The molecule has 7 nitrogen and oxygen atoms in total. The summed E-state index contributed by atoms with van der Waals surface area (Å²) in [5, 5.41) is 6.02. The summed E-state index contributed by atoms with van der Waals surface area (Å²) in [6.45, 7) is 5.53. The third-order valence-corrected chi connectivity index (χ3v) is 6.32. The van der Waals surface area contributed by atoms with Crippen LogP contribution in [0.2, 0.25) is 0 Å². The van der Waals surface area contributed by atoms with E-state index < -0.39 is 5.41 Å². The van der Waals surface area contributed by atoms with E-state index in [9.17, 15) is 9.59 Å². The first kappa shape index (κ1) is 25.3. The van der Waals surface area contributed by atoms with Crippen molar-refractivity contribution >= 4 is 23.2 Å². The molecule has 3 aromatic rings. The molecule has 0 unspecified atom stereocenters. The molecule has 1 fully saturated rings. The van der Waals surface area contributed by atoms with Gasteiger partial charge in [-0.2, -0.15) is 0 Å². The van der Waals surface area contributed by atoms with E-state index in [0.717, 1.165) is 5.56 Å². The van der Waals surface area contributed by atoms with Crippen LogP contribution in [0.5, 0.6) is 11.5 Å². The fourth-order valence-corrected chi connectivity index (χ4v) is 4.45. The van der Waals surface area contributed by atoms with E-state index in [0.29, 0.717) is 67.7 Å². The molecule has 1 aliphatic heterocycles. The highest BCUT2D eigenvalue weighted by Crippen LogP contribution is 2.40. The van der Waals surface area contributed by atoms with Crippen LogP contribution in [0.1, 0.15) is 42.6 Å². The lowest BCUT2D eigenvalue weighted by Crippen LogP contribution is -2.44. The second-order valence-electron chi connectivity index (χ2n) is 8.55. The minimum absolute atomic E-state index is 0.124. The van der Waals surface area contributed by atoms with Gasteiger partial charge in [-0.1, -0.05) is 48.5 Å². The Bertz CT molecular complexity index is 1180. The van der Waals surface area contributed by atoms with Gasteiger partial charge in [0.05, 0.1) is 30.0 Å². The van der Waals surface area contributed by atoms with E-state index in [2.05, 4.69) is 10.6 Å². The quantitative estimate of drug-likeness (QED) is 0.420. The summed E-state index contributed by atoms with van der Waals surface area (Å²) in [5.74, 6) is 0.511. The molecule has 3 aromatic carbocycles. The van der Waals surface area contributed by atoms with Crippen molar-refractivity contribution in [3.63, 3.8) is 0 Å². The number of ether oxygens (including phenoxy) is 3. The third-order valence-electron chi connectivity index (χ3n) is 6.32. The Kier molecular flexibility index (Phi) is 8.23. The fraction of sp³-hybridized carbons (Fsp3) is 0.310. The summed E-state index contributed by atoms with van der Waals surface area (Å²) in [7, 11) is 0. The smallest absolute Gasteiger partial charge is 0.255 e. The van der Waals surface area contributed by atoms with Crippen LogP contribution in [-0.2, 0) is 14.9 Å². The minimum Gasteiger partial charge on any atom is -0.492 e. The number of hydrogen-bond acceptors (Lipinski definition) is 5. The van der Waals surface area contributed by atoms with Crippen molar-refractivity contribution in [2.45, 2.75) is 32.1 Å². The van der Waals surface area contributed by atoms with Crippen LogP contribution in [0.4, 0.5) is 11.4 Å². The van der Waals surface area contributed by atoms with Crippen molar-refractivity contribution < 1.29 is 23.8 Å². The number of rotatable bonds is 9. The molecular weight excluding hydrogens is 456 g/mol. The number of hydrogen-bond donors (Lipinski definition) is 2. The molecule has 0 spiro atoms. The maximum atomic E-state index is 13.8. The number of anilines is 2. The van der Waals surface area contributed by atoms with Gasteiger partial charge in [-0.05, 0) is 44.4 Å². The highest BCUT2D eigenvalue weighted by molar-refractivity contribution is 6.06. The zero-order valence-corrected chi connectivity index (χ0v) is 20.7. The minimum atomic E-state index is -0.713. The predicted octanol–water partition coefficient (Wildman–Crippen LogP) is 5.42. The average Bonchev–Trinajstić information content (AvgIpc) is 2.92. The van der Waals surface area contributed by atoms with Gasteiger partial charge in [-0.15, -0.1) is 0 Å². The summed E-state index contributed by atoms with van der Waals surface area (Å²) < 4.78 is 17.3. The van der Waals surface area contributed by atoms with Crippen LogP contribution in [0.3, 0.4) is 0 Å². The Balaban J connectivity index is 1.67. The highest BCUT2D eigenvalue weighted by Gasteiger charge is 2.42. The van der Waals surface area contributed by atoms with Crippen LogP contribution in [0.25, 0.3) is 0 Å². The molecule has 0 aliphatic carbocycles. The predicted molar refractivity (Wildman–Crippen MR) is 140 cm³/mol. The van der Waals surface area contributed by atoms with E-state index in [1.54, 1.807) is 24.3 Å². The molecule has 0 radical (unpaired) electrons. The molecular formula is C29H32N2O5. The van der Waals surface area contributed by atoms with E-state index in [4.69, 9.17) is 14.2 Å². The van der Waals surface area contributed by atoms with Gasteiger partial charge in [0.25, 0.3) is 5.91 Å². The van der Waals surface area contributed by atoms with Crippen molar-refractivity contribution in [3.8, 4) is 11.5 Å². The van der Waals surface area contributed by atoms with Crippen molar-refractivity contribution in [1.82, 2.24) is 0 Å². The molecule has 0 saturated carbocycles. The molecule has 0 atom stereocenters. The van der Waals surface area contributed by atoms with Crippen molar-refractivity contribution in [2.24, 2.45) is 0 Å². The summed E-state index contributed by atoms with van der Waals surface area (Å²) in [5.41, 5.74) is 1.73. The Morgan fingerprint density at radius 2 is 1.33 bits per heavy atom. The first-order valence-corrected chi connectivity index (χ1v) is 12.3.